The zero-order valence-corrected chi connectivity index (χ0v) is 12.1. The van der Waals surface area contributed by atoms with E-state index in [4.69, 9.17) is 0 Å². The number of benzene rings is 2. The van der Waals surface area contributed by atoms with E-state index in [-0.39, 0.29) is 34.0 Å². The fraction of sp³-hybridized carbons (Fsp3) is 0. The van der Waals surface area contributed by atoms with Gasteiger partial charge in [-0.15, -0.1) is 0 Å². The van der Waals surface area contributed by atoms with Crippen LogP contribution in [0, 0.1) is 0 Å². The monoisotopic (exact) mass is 346 g/mol. The molecule has 0 atom stereocenters. The molecule has 6 N–H and O–H groups in total. The maximum Gasteiger partial charge on any atom is 0.127 e. The molecule has 0 aliphatic carbocycles. The van der Waals surface area contributed by atoms with Crippen molar-refractivity contribution >= 4 is 11.4 Å². The minimum absolute atomic E-state index is 0. The Bertz CT molecular complexity index is 314. The molecule has 0 radical (unpaired) electrons. The topological polar surface area (TPSA) is 55.3 Å². The fourth-order valence-electron chi connectivity index (χ4n) is 0.956. The van der Waals surface area contributed by atoms with Gasteiger partial charge in [0, 0.05) is 0 Å². The Labute approximate surface area is 117 Å². The summed E-state index contributed by atoms with van der Waals surface area (Å²) in [6.45, 7) is 0. The summed E-state index contributed by atoms with van der Waals surface area (Å²) < 4.78 is 0. The van der Waals surface area contributed by atoms with Crippen LogP contribution in [0.25, 0.3) is 0 Å². The lowest BCUT2D eigenvalue weighted by Gasteiger charge is -1.78. The van der Waals surface area contributed by atoms with Gasteiger partial charge >= 0.3 is 0 Å². The maximum atomic E-state index is 3.72. The molecule has 2 rings (SSSR count). The van der Waals surface area contributed by atoms with Crippen LogP contribution in [-0.4, -0.2) is 0 Å². The molecular formula is C12H16Br2N2. The molecule has 0 amide bonds. The Kier molecular flexibility index (Phi) is 12.0. The summed E-state index contributed by atoms with van der Waals surface area (Å²) in [4.78, 5) is 0. The van der Waals surface area contributed by atoms with Crippen molar-refractivity contribution in [2.24, 2.45) is 0 Å². The summed E-state index contributed by atoms with van der Waals surface area (Å²) in [5.41, 5.74) is 9.58. The lowest BCUT2D eigenvalue weighted by Crippen LogP contribution is -3.00. The van der Waals surface area contributed by atoms with Gasteiger partial charge in [-0.05, 0) is 24.3 Å². The van der Waals surface area contributed by atoms with Gasteiger partial charge in [-0.1, -0.05) is 36.4 Å². The predicted octanol–water partition coefficient (Wildman–Crippen LogP) is -4.87. The third-order valence-electron chi connectivity index (χ3n) is 1.69. The molecule has 88 valence electrons. The number of rotatable bonds is 0. The molecule has 0 saturated carbocycles. The molecule has 4 heteroatoms. The molecule has 0 saturated heterocycles. The zero-order chi connectivity index (χ0) is 10.2. The first-order valence-corrected chi connectivity index (χ1v) is 4.53. The standard InChI is InChI=1S/2C6H7N.2BrH/c2*7-6-4-2-1-3-5-6;;/h2*1-5H,7H2;2*1H. The third-order valence-corrected chi connectivity index (χ3v) is 1.69. The summed E-state index contributed by atoms with van der Waals surface area (Å²) >= 11 is 0. The fourth-order valence-corrected chi connectivity index (χ4v) is 0.956. The minimum atomic E-state index is 0. The molecule has 2 aromatic rings. The van der Waals surface area contributed by atoms with Gasteiger partial charge in [-0.2, -0.15) is 0 Å². The molecular weight excluding hydrogens is 332 g/mol. The summed E-state index contributed by atoms with van der Waals surface area (Å²) in [5, 5.41) is 0. The number of hydrogen-bond acceptors (Lipinski definition) is 0. The van der Waals surface area contributed by atoms with Crippen LogP contribution in [0.15, 0.2) is 60.7 Å². The molecule has 0 spiro atoms. The smallest absolute Gasteiger partial charge is 0.127 e. The van der Waals surface area contributed by atoms with Crippen molar-refractivity contribution in [3.63, 3.8) is 0 Å². The Morgan fingerprint density at radius 2 is 0.750 bits per heavy atom. The molecule has 0 aliphatic heterocycles. The van der Waals surface area contributed by atoms with Crippen molar-refractivity contribution in [1.29, 1.82) is 0 Å². The molecule has 2 aromatic carbocycles. The molecule has 0 fully saturated rings. The van der Waals surface area contributed by atoms with Crippen LogP contribution in [0.4, 0.5) is 11.4 Å². The highest BCUT2D eigenvalue weighted by Gasteiger charge is 1.77. The molecule has 0 aromatic heterocycles. The highest BCUT2D eigenvalue weighted by atomic mass is 79.9. The van der Waals surface area contributed by atoms with Crippen LogP contribution in [0.3, 0.4) is 0 Å². The lowest BCUT2D eigenvalue weighted by molar-refractivity contribution is -0.255. The first-order chi connectivity index (χ1) is 6.79. The highest BCUT2D eigenvalue weighted by molar-refractivity contribution is 5.26. The molecule has 0 aliphatic rings. The Morgan fingerprint density at radius 1 is 0.500 bits per heavy atom. The van der Waals surface area contributed by atoms with Crippen molar-refractivity contribution < 1.29 is 45.4 Å². The van der Waals surface area contributed by atoms with Gasteiger partial charge in [-0.25, -0.2) is 0 Å². The first kappa shape index (κ1) is 17.7. The Morgan fingerprint density at radius 3 is 0.875 bits per heavy atom. The SMILES string of the molecule is [Br-].[Br-].[NH3+]c1ccccc1.[NH3+]c1ccccc1. The van der Waals surface area contributed by atoms with Gasteiger partial charge in [0.25, 0.3) is 0 Å². The maximum absolute atomic E-state index is 3.72. The van der Waals surface area contributed by atoms with Gasteiger partial charge in [0.15, 0.2) is 0 Å². The van der Waals surface area contributed by atoms with Crippen molar-refractivity contribution in [2.75, 3.05) is 0 Å². The van der Waals surface area contributed by atoms with Crippen LogP contribution >= 0.6 is 0 Å². The second kappa shape index (κ2) is 10.8. The van der Waals surface area contributed by atoms with Crippen molar-refractivity contribution in [3.05, 3.63) is 60.7 Å². The van der Waals surface area contributed by atoms with Gasteiger partial charge in [0.1, 0.15) is 11.4 Å². The van der Waals surface area contributed by atoms with E-state index in [1.54, 1.807) is 0 Å². The zero-order valence-electron chi connectivity index (χ0n) is 8.94. The average Bonchev–Trinajstić information content (AvgIpc) is 2.21. The number of quaternary nitrogens is 2. The summed E-state index contributed by atoms with van der Waals surface area (Å²) in [6.07, 6.45) is 0. The van der Waals surface area contributed by atoms with Crippen LogP contribution < -0.4 is 45.4 Å². The van der Waals surface area contributed by atoms with Crippen molar-refractivity contribution in [2.45, 2.75) is 0 Å². The first-order valence-electron chi connectivity index (χ1n) is 4.53. The highest BCUT2D eigenvalue weighted by Crippen LogP contribution is 1.93. The van der Waals surface area contributed by atoms with E-state index in [0.29, 0.717) is 0 Å². The third kappa shape index (κ3) is 8.61. The molecule has 2 nitrogen and oxygen atoms in total. The molecule has 0 bridgehead atoms. The predicted molar refractivity (Wildman–Crippen MR) is 58.0 cm³/mol. The van der Waals surface area contributed by atoms with E-state index in [1.807, 2.05) is 60.7 Å². The molecule has 0 unspecified atom stereocenters. The normalized spacial score (nSPS) is 7.62. The second-order valence-corrected chi connectivity index (χ2v) is 2.97. The van der Waals surface area contributed by atoms with Crippen LogP contribution in [0.1, 0.15) is 0 Å². The Hall–Kier alpha value is -0.680. The van der Waals surface area contributed by atoms with E-state index in [9.17, 15) is 0 Å². The van der Waals surface area contributed by atoms with E-state index in [1.165, 1.54) is 0 Å². The van der Waals surface area contributed by atoms with Gasteiger partial charge in [-0.3, -0.25) is 0 Å². The summed E-state index contributed by atoms with van der Waals surface area (Å²) in [6, 6.07) is 19.7. The summed E-state index contributed by atoms with van der Waals surface area (Å²) in [7, 11) is 0. The van der Waals surface area contributed by atoms with Crippen LogP contribution in [-0.2, 0) is 0 Å². The lowest BCUT2D eigenvalue weighted by atomic mass is 10.3. The molecule has 16 heavy (non-hydrogen) atoms. The van der Waals surface area contributed by atoms with Gasteiger partial charge in [0.2, 0.25) is 0 Å². The average molecular weight is 348 g/mol. The van der Waals surface area contributed by atoms with Crippen LogP contribution in [0.2, 0.25) is 0 Å². The van der Waals surface area contributed by atoms with Gasteiger partial charge < -0.3 is 45.4 Å². The number of hydrogen-bond donors (Lipinski definition) is 2. The second-order valence-electron chi connectivity index (χ2n) is 2.97. The van der Waals surface area contributed by atoms with Gasteiger partial charge in [0.05, 0.1) is 0 Å². The summed E-state index contributed by atoms with van der Waals surface area (Å²) in [5.74, 6) is 0. The minimum Gasteiger partial charge on any atom is -1.00 e. The van der Waals surface area contributed by atoms with Crippen molar-refractivity contribution in [1.82, 2.24) is 0 Å². The van der Waals surface area contributed by atoms with Crippen molar-refractivity contribution in [3.8, 4) is 0 Å². The van der Waals surface area contributed by atoms with E-state index >= 15 is 0 Å². The quantitative estimate of drug-likeness (QED) is 0.480. The van der Waals surface area contributed by atoms with E-state index in [2.05, 4.69) is 11.5 Å². The molecule has 0 heterocycles. The largest absolute Gasteiger partial charge is 1.00 e. The van der Waals surface area contributed by atoms with E-state index in [0.717, 1.165) is 11.4 Å². The van der Waals surface area contributed by atoms with Crippen LogP contribution in [0.5, 0.6) is 0 Å². The Balaban J connectivity index is 0. The number of halogens is 2. The van der Waals surface area contributed by atoms with E-state index < -0.39 is 0 Å².